The highest BCUT2D eigenvalue weighted by atomic mass is 79.9. The van der Waals surface area contributed by atoms with Crippen LogP contribution >= 0.6 is 15.9 Å². The van der Waals surface area contributed by atoms with Crippen LogP contribution in [0, 0.1) is 34.6 Å². The van der Waals surface area contributed by atoms with Gasteiger partial charge in [-0.1, -0.05) is 205 Å². The normalized spacial score (nSPS) is 10.4. The second-order valence-electron chi connectivity index (χ2n) is 18.9. The third-order valence-electron chi connectivity index (χ3n) is 13.3. The van der Waals surface area contributed by atoms with E-state index in [-0.39, 0.29) is 43.2 Å². The van der Waals surface area contributed by atoms with Crippen LogP contribution in [0.1, 0.15) is 90.5 Å². The molecule has 0 aliphatic rings. The molecule has 10 aromatic carbocycles. The van der Waals surface area contributed by atoms with Crippen LogP contribution in [0.15, 0.2) is 193 Å². The van der Waals surface area contributed by atoms with E-state index in [0.717, 1.165) is 93.3 Å². The largest absolute Gasteiger partial charge is 0.457 e. The number of ketones is 4. The molecule has 0 saturated carbocycles. The molecule has 1 aromatic heterocycles. The summed E-state index contributed by atoms with van der Waals surface area (Å²) in [6.45, 7) is 12.1. The number of anilines is 1. The van der Waals surface area contributed by atoms with E-state index in [0.29, 0.717) is 16.5 Å². The summed E-state index contributed by atoms with van der Waals surface area (Å²) >= 11 is 3.22. The van der Waals surface area contributed by atoms with Crippen LogP contribution in [0.4, 0.5) is 6.01 Å². The van der Waals surface area contributed by atoms with E-state index in [1.807, 2.05) is 173 Å². The van der Waals surface area contributed by atoms with Gasteiger partial charge in [0.05, 0.1) is 5.33 Å². The van der Waals surface area contributed by atoms with Crippen LogP contribution in [0.2, 0.25) is 0 Å². The fourth-order valence-electron chi connectivity index (χ4n) is 9.61. The first kappa shape index (κ1) is 60.3. The van der Waals surface area contributed by atoms with Gasteiger partial charge in [-0.3, -0.25) is 24.0 Å². The number of nitrogen functional groups attached to an aromatic ring is 1. The predicted molar refractivity (Wildman–Crippen MR) is 331 cm³/mol. The molecule has 80 heavy (non-hydrogen) atoms. The smallest absolute Gasteiger partial charge is 0.303 e. The Bertz CT molecular complexity index is 3950. The van der Waals surface area contributed by atoms with Crippen molar-refractivity contribution in [3.8, 4) is 11.3 Å². The van der Waals surface area contributed by atoms with Crippen molar-refractivity contribution in [1.29, 1.82) is 0 Å². The first-order valence-corrected chi connectivity index (χ1v) is 26.7. The van der Waals surface area contributed by atoms with Gasteiger partial charge >= 0.3 is 5.97 Å². The Hall–Kier alpha value is -8.90. The lowest BCUT2D eigenvalue weighted by Crippen LogP contribution is -2.13. The van der Waals surface area contributed by atoms with Crippen molar-refractivity contribution < 1.29 is 38.2 Å². The van der Waals surface area contributed by atoms with Crippen molar-refractivity contribution in [2.75, 3.05) is 24.3 Å². The fourth-order valence-corrected chi connectivity index (χ4v) is 9.89. The molecule has 0 atom stereocenters. The highest BCUT2D eigenvalue weighted by Gasteiger charge is 2.16. The fraction of sp³-hybridized carbons (Fsp3) is 0.159. The number of nitrogens with zero attached hydrogens (tertiary/aromatic N) is 1. The Kier molecular flexibility index (Phi) is 21.2. The summed E-state index contributed by atoms with van der Waals surface area (Å²) in [4.78, 5) is 61.9. The number of aliphatic hydroxyl groups is 1. The molecule has 0 spiro atoms. The molecular weight excluding hydrogens is 1060 g/mol. The average molecular weight is 1130 g/mol. The molecule has 0 aliphatic heterocycles. The van der Waals surface area contributed by atoms with Crippen LogP contribution in [-0.2, 0) is 9.53 Å². The van der Waals surface area contributed by atoms with Crippen LogP contribution in [0.3, 0.4) is 0 Å². The Morgan fingerprint density at radius 1 is 0.475 bits per heavy atom. The lowest BCUT2D eigenvalue weighted by molar-refractivity contribution is -0.139. The zero-order chi connectivity index (χ0) is 56.8. The summed E-state index contributed by atoms with van der Waals surface area (Å²) in [6.07, 6.45) is 1.60. The van der Waals surface area contributed by atoms with Crippen molar-refractivity contribution in [3.05, 3.63) is 238 Å². The van der Waals surface area contributed by atoms with Gasteiger partial charge in [0.25, 0.3) is 6.01 Å². The van der Waals surface area contributed by atoms with Gasteiger partial charge in [-0.25, -0.2) is 0 Å². The Morgan fingerprint density at radius 3 is 1.18 bits per heavy atom. The van der Waals surface area contributed by atoms with Crippen molar-refractivity contribution in [1.82, 2.24) is 4.98 Å². The molecule has 3 N–H and O–H groups in total. The van der Waals surface area contributed by atoms with Crippen molar-refractivity contribution in [3.63, 3.8) is 0 Å². The number of aliphatic hydroxyl groups excluding tert-OH is 1. The standard InChI is InChI=1S/C15H14O3.C14H12N2O.C13H11BrO.C13H12O2.C13H12O.CH4/c1-10-7-8-12-5-3-4-6-13(12)15(10)14(17)9-18-11(2)16;1-9-6-7-10-4-2-3-5-11(10)13(9)12-8-17-14(15)16-12;2*1-9-6-7-10-4-2-3-5-11(10)13(9)12(15)8-14;1-9-7-8-11-5-3-4-6-12(11)13(9)10(2)14;/h3-8H,9H2,1-2H3;2-8H,1H3,(H2,15,16);2-7H,8H2,1H3;2-7,14H,8H2,1H3;3-8H,1-2H3;1H4. The summed E-state index contributed by atoms with van der Waals surface area (Å²) in [7, 11) is 0. The molecule has 0 fully saturated rings. The maximum atomic E-state index is 12.1. The van der Waals surface area contributed by atoms with Gasteiger partial charge in [-0.15, -0.1) is 0 Å². The molecule has 0 saturated heterocycles. The topological polar surface area (TPSA) is 167 Å². The number of carbonyl (C=O) groups is 5. The SMILES string of the molecule is C.CC(=O)OCC(=O)c1c(C)ccc2ccccc12.CC(=O)c1c(C)ccc2ccccc12.Cc1ccc2ccccc2c1-c1coc(N)n1.Cc1ccc2ccccc2c1C(=O)CBr.Cc1ccc2ccccc2c1C(=O)CO. The number of halogens is 1. The quantitative estimate of drug-likeness (QED) is 0.0807. The molecule has 0 amide bonds. The second-order valence-corrected chi connectivity index (χ2v) is 19.4. The highest BCUT2D eigenvalue weighted by molar-refractivity contribution is 9.09. The zero-order valence-corrected chi connectivity index (χ0v) is 46.8. The van der Waals surface area contributed by atoms with Crippen molar-refractivity contribution >= 4 is 105 Å². The Balaban J connectivity index is 0.000000161. The molecule has 10 nitrogen and oxygen atoms in total. The van der Waals surface area contributed by atoms with E-state index in [9.17, 15) is 24.0 Å². The molecule has 406 valence electrons. The van der Waals surface area contributed by atoms with Gasteiger partial charge in [-0.2, -0.15) is 4.98 Å². The van der Waals surface area contributed by atoms with Gasteiger partial charge in [0.15, 0.2) is 24.0 Å². The summed E-state index contributed by atoms with van der Waals surface area (Å²) in [6, 6.07) is 59.8. The first-order valence-electron chi connectivity index (χ1n) is 25.6. The molecule has 0 unspecified atom stereocenters. The van der Waals surface area contributed by atoms with E-state index in [2.05, 4.69) is 64.2 Å². The highest BCUT2D eigenvalue weighted by Crippen LogP contribution is 2.32. The predicted octanol–water partition coefficient (Wildman–Crippen LogP) is 16.3. The molecule has 11 heteroatoms. The monoisotopic (exact) mass is 1130 g/mol. The number of Topliss-reactive ketones (excluding diaryl/α,β-unsaturated/α-hetero) is 4. The minimum absolute atomic E-state index is 0. The van der Waals surface area contributed by atoms with E-state index in [1.165, 1.54) is 17.7 Å². The number of hydrogen-bond acceptors (Lipinski definition) is 10. The van der Waals surface area contributed by atoms with Gasteiger partial charge in [0, 0.05) is 34.7 Å². The Labute approximate surface area is 475 Å². The number of esters is 1. The molecule has 1 heterocycles. The van der Waals surface area contributed by atoms with Crippen LogP contribution in [-0.4, -0.2) is 57.7 Å². The number of ether oxygens (including phenoxy) is 1. The number of carbonyl (C=O) groups excluding carboxylic acids is 5. The molecule has 11 rings (SSSR count). The molecule has 0 aliphatic carbocycles. The zero-order valence-electron chi connectivity index (χ0n) is 45.2. The summed E-state index contributed by atoms with van der Waals surface area (Å²) in [5, 5.41) is 19.8. The second kappa shape index (κ2) is 28.1. The number of hydrogen-bond donors (Lipinski definition) is 2. The van der Waals surface area contributed by atoms with E-state index < -0.39 is 12.6 Å². The number of nitrogens with two attached hydrogens (primary N) is 1. The van der Waals surface area contributed by atoms with E-state index in [1.54, 1.807) is 13.2 Å². The van der Waals surface area contributed by atoms with Gasteiger partial charge in [-0.05, 0) is 123 Å². The van der Waals surface area contributed by atoms with E-state index in [4.69, 9.17) is 20.0 Å². The summed E-state index contributed by atoms with van der Waals surface area (Å²) in [5.41, 5.74) is 15.4. The van der Waals surface area contributed by atoms with Crippen LogP contribution in [0.5, 0.6) is 0 Å². The first-order chi connectivity index (χ1) is 38.0. The number of aromatic nitrogens is 1. The number of fused-ring (bicyclic) bond motifs is 5. The number of rotatable bonds is 9. The Morgan fingerprint density at radius 2 is 0.812 bits per heavy atom. The number of oxazole rings is 1. The van der Waals surface area contributed by atoms with Crippen LogP contribution in [0.25, 0.3) is 65.1 Å². The van der Waals surface area contributed by atoms with E-state index >= 15 is 0 Å². The minimum atomic E-state index is -0.443. The summed E-state index contributed by atoms with van der Waals surface area (Å²) < 4.78 is 9.86. The van der Waals surface area contributed by atoms with Gasteiger partial charge in [0.1, 0.15) is 18.6 Å². The maximum Gasteiger partial charge on any atom is 0.303 e. The van der Waals surface area contributed by atoms with Crippen molar-refractivity contribution in [2.24, 2.45) is 0 Å². The third-order valence-corrected chi connectivity index (χ3v) is 13.8. The molecule has 11 aromatic rings. The molecule has 0 radical (unpaired) electrons. The molecule has 0 bridgehead atoms. The minimum Gasteiger partial charge on any atom is -0.457 e. The van der Waals surface area contributed by atoms with Crippen LogP contribution < -0.4 is 5.73 Å². The average Bonchev–Trinajstić information content (AvgIpc) is 3.90. The summed E-state index contributed by atoms with van der Waals surface area (Å²) in [5.74, 6) is -0.548. The number of alkyl halides is 1. The lowest BCUT2D eigenvalue weighted by atomic mass is 9.97. The van der Waals surface area contributed by atoms with Gasteiger partial charge in [0.2, 0.25) is 5.78 Å². The third kappa shape index (κ3) is 14.4. The number of benzene rings is 10. The van der Waals surface area contributed by atoms with Crippen molar-refractivity contribution in [2.45, 2.75) is 55.9 Å². The molecular formula is C69H65BrN2O8. The lowest BCUT2D eigenvalue weighted by Gasteiger charge is -2.09. The van der Waals surface area contributed by atoms with Gasteiger partial charge < -0.3 is 20.0 Å². The maximum absolute atomic E-state index is 12.1. The number of aryl methyl sites for hydroxylation is 5.